The second kappa shape index (κ2) is 14.9. The highest BCUT2D eigenvalue weighted by molar-refractivity contribution is 6.30. The number of amides is 3. The average Bonchev–Trinajstić information content (AvgIpc) is 2.91. The van der Waals surface area contributed by atoms with Crippen LogP contribution in [0.3, 0.4) is 0 Å². The van der Waals surface area contributed by atoms with Gasteiger partial charge in [0, 0.05) is 37.9 Å². The number of benzene rings is 1. The molecule has 2 heterocycles. The minimum atomic E-state index is -1.51. The van der Waals surface area contributed by atoms with E-state index < -0.39 is 29.9 Å². The van der Waals surface area contributed by atoms with Crippen LogP contribution in [0.4, 0.5) is 9.59 Å². The molecule has 0 radical (unpaired) electrons. The van der Waals surface area contributed by atoms with Crippen molar-refractivity contribution in [2.45, 2.75) is 56.0 Å². The van der Waals surface area contributed by atoms with Crippen LogP contribution in [0.25, 0.3) is 0 Å². The zero-order chi connectivity index (χ0) is 27.5. The number of ether oxygens (including phenoxy) is 2. The lowest BCUT2D eigenvalue weighted by Gasteiger charge is -2.43. The van der Waals surface area contributed by atoms with E-state index in [9.17, 15) is 19.8 Å². The molecule has 2 aliphatic heterocycles. The number of halogens is 1. The summed E-state index contributed by atoms with van der Waals surface area (Å²) in [5.74, 6) is 0.255. The van der Waals surface area contributed by atoms with E-state index in [2.05, 4.69) is 16.0 Å². The number of nitrogens with one attached hydrogen (secondary N) is 3. The minimum absolute atomic E-state index is 0.114. The van der Waals surface area contributed by atoms with Crippen molar-refractivity contribution in [1.29, 1.82) is 0 Å². The summed E-state index contributed by atoms with van der Waals surface area (Å²) in [4.78, 5) is 25.8. The standard InChI is InChI=1S/C26H41ClN4O7/c1-28-15-22(32)21(13-18-5-3-11-37-17-18)30-24(33)31-10-12-38-23(16-31)26(36,8-4-9-29-25(34)35)19-6-2-7-20(27)14-19/h2,6-7,14,18,21-23,28-29,32,36H,3-5,8-13,15-17H2,1H3,(H,30,33)(H,34,35)/t18?,21?,22-,23?,26?/m1/s1. The van der Waals surface area contributed by atoms with Gasteiger partial charge in [-0.1, -0.05) is 23.7 Å². The summed E-state index contributed by atoms with van der Waals surface area (Å²) in [5, 5.41) is 40.2. The van der Waals surface area contributed by atoms with Crippen LogP contribution in [-0.4, -0.2) is 104 Å². The van der Waals surface area contributed by atoms with Crippen LogP contribution in [0.15, 0.2) is 24.3 Å². The highest BCUT2D eigenvalue weighted by Gasteiger charge is 2.43. The predicted octanol–water partition coefficient (Wildman–Crippen LogP) is 1.75. The predicted molar refractivity (Wildman–Crippen MR) is 142 cm³/mol. The maximum absolute atomic E-state index is 13.4. The zero-order valence-electron chi connectivity index (χ0n) is 21.9. The molecule has 214 valence electrons. The van der Waals surface area contributed by atoms with Crippen LogP contribution in [-0.2, 0) is 15.1 Å². The number of carbonyl (C=O) groups excluding carboxylic acids is 1. The Hall–Kier alpha value is -2.15. The summed E-state index contributed by atoms with van der Waals surface area (Å²) < 4.78 is 11.6. The van der Waals surface area contributed by atoms with Crippen molar-refractivity contribution in [3.05, 3.63) is 34.9 Å². The third kappa shape index (κ3) is 8.69. The first-order valence-corrected chi connectivity index (χ1v) is 13.6. The maximum atomic E-state index is 13.4. The molecule has 0 spiro atoms. The van der Waals surface area contributed by atoms with Gasteiger partial charge in [-0.15, -0.1) is 0 Å². The van der Waals surface area contributed by atoms with Gasteiger partial charge in [-0.3, -0.25) is 0 Å². The van der Waals surface area contributed by atoms with Gasteiger partial charge < -0.3 is 45.6 Å². The van der Waals surface area contributed by atoms with Crippen LogP contribution >= 0.6 is 11.6 Å². The zero-order valence-corrected chi connectivity index (χ0v) is 22.7. The normalized spacial score (nSPS) is 23.2. The van der Waals surface area contributed by atoms with Gasteiger partial charge in [0.05, 0.1) is 25.3 Å². The number of hydrogen-bond donors (Lipinski definition) is 6. The van der Waals surface area contributed by atoms with Gasteiger partial charge in [0.15, 0.2) is 0 Å². The minimum Gasteiger partial charge on any atom is -0.465 e. The Kier molecular flexibility index (Phi) is 11.9. The first-order valence-electron chi connectivity index (χ1n) is 13.3. The molecule has 6 N–H and O–H groups in total. The molecule has 0 aliphatic carbocycles. The van der Waals surface area contributed by atoms with E-state index in [-0.39, 0.29) is 38.1 Å². The molecule has 1 aromatic carbocycles. The first-order chi connectivity index (χ1) is 18.2. The number of urea groups is 1. The number of aliphatic hydroxyl groups excluding tert-OH is 1. The molecule has 12 heteroatoms. The quantitative estimate of drug-likeness (QED) is 0.213. The van der Waals surface area contributed by atoms with Gasteiger partial charge >= 0.3 is 12.1 Å². The number of carbonyl (C=O) groups is 2. The molecular formula is C26H41ClN4O7. The molecule has 5 atom stereocenters. The number of nitrogens with zero attached hydrogens (tertiary/aromatic N) is 1. The van der Waals surface area contributed by atoms with E-state index in [0.29, 0.717) is 43.1 Å². The van der Waals surface area contributed by atoms with Gasteiger partial charge in [0.25, 0.3) is 0 Å². The van der Waals surface area contributed by atoms with E-state index in [4.69, 9.17) is 26.2 Å². The average molecular weight is 557 g/mol. The number of hydrogen-bond acceptors (Lipinski definition) is 7. The molecule has 3 rings (SSSR count). The Bertz CT molecular complexity index is 904. The summed E-state index contributed by atoms with van der Waals surface area (Å²) in [7, 11) is 1.75. The van der Waals surface area contributed by atoms with Crippen molar-refractivity contribution in [2.24, 2.45) is 5.92 Å². The molecule has 3 amide bonds. The number of morpholine rings is 1. The number of aliphatic hydroxyl groups is 2. The first kappa shape index (κ1) is 30.4. The van der Waals surface area contributed by atoms with E-state index >= 15 is 0 Å². The molecular weight excluding hydrogens is 516 g/mol. The maximum Gasteiger partial charge on any atom is 0.404 e. The van der Waals surface area contributed by atoms with Gasteiger partial charge in [0.2, 0.25) is 0 Å². The fraction of sp³-hybridized carbons (Fsp3) is 0.692. The third-order valence-corrected chi connectivity index (χ3v) is 7.49. The van der Waals surface area contributed by atoms with Crippen LogP contribution in [0, 0.1) is 5.92 Å². The van der Waals surface area contributed by atoms with Crippen molar-refractivity contribution in [3.63, 3.8) is 0 Å². The smallest absolute Gasteiger partial charge is 0.404 e. The van der Waals surface area contributed by atoms with Gasteiger partial charge in [-0.05, 0) is 62.8 Å². The van der Waals surface area contributed by atoms with E-state index in [1.165, 1.54) is 0 Å². The van der Waals surface area contributed by atoms with Gasteiger partial charge in [0.1, 0.15) is 11.7 Å². The molecule has 11 nitrogen and oxygen atoms in total. The molecule has 0 aromatic heterocycles. The van der Waals surface area contributed by atoms with E-state index in [1.807, 2.05) is 0 Å². The lowest BCUT2D eigenvalue weighted by molar-refractivity contribution is -0.146. The van der Waals surface area contributed by atoms with Gasteiger partial charge in [-0.25, -0.2) is 9.59 Å². The van der Waals surface area contributed by atoms with Crippen molar-refractivity contribution in [1.82, 2.24) is 20.9 Å². The Morgan fingerprint density at radius 1 is 1.32 bits per heavy atom. The summed E-state index contributed by atoms with van der Waals surface area (Å²) >= 11 is 6.21. The fourth-order valence-corrected chi connectivity index (χ4v) is 5.38. The number of carboxylic acid groups (broad SMARTS) is 1. The molecule has 1 aromatic rings. The highest BCUT2D eigenvalue weighted by atomic mass is 35.5. The third-order valence-electron chi connectivity index (χ3n) is 7.25. The molecule has 2 aliphatic rings. The summed E-state index contributed by atoms with van der Waals surface area (Å²) in [6.45, 7) is 2.51. The number of rotatable bonds is 12. The Morgan fingerprint density at radius 3 is 2.82 bits per heavy atom. The Morgan fingerprint density at radius 2 is 2.13 bits per heavy atom. The fourth-order valence-electron chi connectivity index (χ4n) is 5.19. The van der Waals surface area contributed by atoms with Crippen molar-refractivity contribution >= 4 is 23.7 Å². The van der Waals surface area contributed by atoms with Crippen LogP contribution in [0.2, 0.25) is 5.02 Å². The molecule has 2 fully saturated rings. The lowest BCUT2D eigenvalue weighted by atomic mass is 9.83. The second-order valence-electron chi connectivity index (χ2n) is 10.1. The van der Waals surface area contributed by atoms with Crippen molar-refractivity contribution in [3.8, 4) is 0 Å². The Labute approximate surface area is 228 Å². The lowest BCUT2D eigenvalue weighted by Crippen LogP contribution is -2.59. The topological polar surface area (TPSA) is 153 Å². The van der Waals surface area contributed by atoms with E-state index in [1.54, 1.807) is 36.2 Å². The second-order valence-corrected chi connectivity index (χ2v) is 10.5. The molecule has 2 saturated heterocycles. The SMILES string of the molecule is CNC[C@@H](O)C(CC1CCCOC1)NC(=O)N1CCOC(C(O)(CCCNC(=O)O)c2cccc(Cl)c2)C1. The van der Waals surface area contributed by atoms with Crippen molar-refractivity contribution in [2.75, 3.05) is 53.0 Å². The largest absolute Gasteiger partial charge is 0.465 e. The number of likely N-dealkylation sites (N-methyl/N-ethyl adjacent to an activating group) is 1. The monoisotopic (exact) mass is 556 g/mol. The summed E-state index contributed by atoms with van der Waals surface area (Å²) in [6, 6.07) is 6.04. The summed E-state index contributed by atoms with van der Waals surface area (Å²) in [5.41, 5.74) is -0.971. The Balaban J connectivity index is 1.72. The molecule has 38 heavy (non-hydrogen) atoms. The van der Waals surface area contributed by atoms with E-state index in [0.717, 1.165) is 19.4 Å². The summed E-state index contributed by atoms with van der Waals surface area (Å²) in [6.07, 6.45) is 0.422. The highest BCUT2D eigenvalue weighted by Crippen LogP contribution is 2.35. The van der Waals surface area contributed by atoms with Crippen LogP contribution < -0.4 is 16.0 Å². The van der Waals surface area contributed by atoms with Gasteiger partial charge in [-0.2, -0.15) is 0 Å². The van der Waals surface area contributed by atoms with Crippen LogP contribution in [0.1, 0.15) is 37.7 Å². The van der Waals surface area contributed by atoms with Crippen LogP contribution in [0.5, 0.6) is 0 Å². The molecule has 0 saturated carbocycles. The van der Waals surface area contributed by atoms with Crippen molar-refractivity contribution < 1.29 is 34.4 Å². The molecule has 4 unspecified atom stereocenters. The molecule has 0 bridgehead atoms.